The number of piperidine rings is 1. The first-order chi connectivity index (χ1) is 17.8. The van der Waals surface area contributed by atoms with Crippen LogP contribution in [0.4, 0.5) is 24.7 Å². The second-order valence-electron chi connectivity index (χ2n) is 8.83. The van der Waals surface area contributed by atoms with Gasteiger partial charge in [0.05, 0.1) is 16.2 Å². The number of carbonyl (C=O) groups is 2. The molecule has 2 aromatic heterocycles. The molecule has 2 aliphatic heterocycles. The first kappa shape index (κ1) is 29.9. The van der Waals surface area contributed by atoms with E-state index in [1.54, 1.807) is 0 Å². The van der Waals surface area contributed by atoms with E-state index >= 15 is 0 Å². The van der Waals surface area contributed by atoms with Crippen molar-refractivity contribution in [1.29, 1.82) is 0 Å². The number of likely N-dealkylation sites (tertiary alicyclic amines) is 1. The zero-order valence-corrected chi connectivity index (χ0v) is 22.3. The Labute approximate surface area is 226 Å². The molecule has 2 aromatic rings. The predicted octanol–water partition coefficient (Wildman–Crippen LogP) is 4.24. The Balaban J connectivity index is 0.000000505. The summed E-state index contributed by atoms with van der Waals surface area (Å²) in [6.07, 6.45) is 0.883. The maximum absolute atomic E-state index is 12.5. The summed E-state index contributed by atoms with van der Waals surface area (Å²) in [5, 5.41) is 16.9. The van der Waals surface area contributed by atoms with Crippen molar-refractivity contribution in [3.63, 3.8) is 0 Å². The van der Waals surface area contributed by atoms with Crippen molar-refractivity contribution in [3.8, 4) is 0 Å². The largest absolute Gasteiger partial charge is 0.490 e. The van der Waals surface area contributed by atoms with Gasteiger partial charge < -0.3 is 20.0 Å². The van der Waals surface area contributed by atoms with Gasteiger partial charge in [0, 0.05) is 19.6 Å². The van der Waals surface area contributed by atoms with Crippen LogP contribution >= 0.6 is 22.9 Å². The van der Waals surface area contributed by atoms with E-state index in [0.717, 1.165) is 56.9 Å². The number of pyridine rings is 1. The molecule has 38 heavy (non-hydrogen) atoms. The van der Waals surface area contributed by atoms with Gasteiger partial charge in [-0.15, -0.1) is 11.3 Å². The van der Waals surface area contributed by atoms with Crippen molar-refractivity contribution in [1.82, 2.24) is 9.88 Å². The monoisotopic (exact) mass is 598 g/mol. The first-order valence-corrected chi connectivity index (χ1v) is 14.2. The molecule has 4 heterocycles. The molecular weight excluding hydrogens is 573 g/mol. The van der Waals surface area contributed by atoms with Crippen LogP contribution < -0.4 is 9.62 Å². The number of sulfonamides is 1. The molecule has 1 atom stereocenters. The third-order valence-corrected chi connectivity index (χ3v) is 9.04. The molecule has 0 bridgehead atoms. The molecule has 0 aromatic carbocycles. The zero-order valence-electron chi connectivity index (χ0n) is 19.9. The second kappa shape index (κ2) is 12.5. The lowest BCUT2D eigenvalue weighted by Gasteiger charge is -2.36. The topological polar surface area (TPSA) is 140 Å². The molecular formula is C22H26ClF3N4O6S2. The van der Waals surface area contributed by atoms with Crippen LogP contribution in [0.25, 0.3) is 0 Å². The summed E-state index contributed by atoms with van der Waals surface area (Å²) in [7, 11) is -3.86. The third kappa shape index (κ3) is 8.19. The summed E-state index contributed by atoms with van der Waals surface area (Å²) in [5.74, 6) is -3.03. The van der Waals surface area contributed by atoms with Crippen molar-refractivity contribution in [2.45, 2.75) is 36.1 Å². The normalized spacial score (nSPS) is 18.5. The summed E-state index contributed by atoms with van der Waals surface area (Å²) in [6, 6.07) is 4.24. The molecule has 1 unspecified atom stereocenters. The van der Waals surface area contributed by atoms with Crippen molar-refractivity contribution in [2.24, 2.45) is 5.92 Å². The zero-order chi connectivity index (χ0) is 28.1. The summed E-state index contributed by atoms with van der Waals surface area (Å²) < 4.78 is 59.6. The summed E-state index contributed by atoms with van der Waals surface area (Å²) in [5.41, 5.74) is 0.0996. The van der Waals surface area contributed by atoms with Crippen LogP contribution in [0.1, 0.15) is 36.0 Å². The van der Waals surface area contributed by atoms with Crippen LogP contribution in [-0.4, -0.2) is 79.4 Å². The number of anilines is 2. The van der Waals surface area contributed by atoms with Gasteiger partial charge in [-0.1, -0.05) is 11.6 Å². The van der Waals surface area contributed by atoms with Crippen molar-refractivity contribution >= 4 is 56.4 Å². The highest BCUT2D eigenvalue weighted by atomic mass is 35.5. The fraction of sp³-hybridized carbons (Fsp3) is 0.500. The lowest BCUT2D eigenvalue weighted by molar-refractivity contribution is -0.192. The average molecular weight is 599 g/mol. The van der Waals surface area contributed by atoms with Gasteiger partial charge in [0.25, 0.3) is 10.0 Å². The smallest absolute Gasteiger partial charge is 0.478 e. The molecule has 0 radical (unpaired) electrons. The first-order valence-electron chi connectivity index (χ1n) is 11.5. The van der Waals surface area contributed by atoms with Gasteiger partial charge in [0.2, 0.25) is 0 Å². The number of carboxylic acids is 2. The predicted molar refractivity (Wildman–Crippen MR) is 136 cm³/mol. The number of thiophene rings is 1. The molecule has 2 aliphatic rings. The van der Waals surface area contributed by atoms with E-state index in [2.05, 4.69) is 14.6 Å². The summed E-state index contributed by atoms with van der Waals surface area (Å²) in [4.78, 5) is 29.7. The van der Waals surface area contributed by atoms with Gasteiger partial charge in [0.15, 0.2) is 0 Å². The molecule has 3 N–H and O–H groups in total. The van der Waals surface area contributed by atoms with Gasteiger partial charge in [-0.2, -0.15) is 13.2 Å². The van der Waals surface area contributed by atoms with Crippen molar-refractivity contribution in [3.05, 3.63) is 34.3 Å². The Bertz CT molecular complexity index is 1250. The van der Waals surface area contributed by atoms with E-state index in [9.17, 15) is 31.5 Å². The number of rotatable bonds is 7. The number of carboxylic acid groups (broad SMARTS) is 2. The number of alkyl halides is 3. The standard InChI is InChI=1S/C20H25ClN4O4S2.C2HF3O2/c21-17-5-6-18(30-17)31(28,29)23-15-10-16(20(26)27)19(22-11-15)25-9-3-4-14(13-25)12-24-7-1-2-8-24;3-2(4,5)1(6)7/h5-6,10-11,14,23H,1-4,7-9,12-13H2,(H,26,27);(H,6,7). The van der Waals surface area contributed by atoms with Crippen LogP contribution in [-0.2, 0) is 14.8 Å². The molecule has 0 aliphatic carbocycles. The maximum Gasteiger partial charge on any atom is 0.490 e. The lowest BCUT2D eigenvalue weighted by atomic mass is 9.97. The average Bonchev–Trinajstić information content (AvgIpc) is 3.51. The van der Waals surface area contributed by atoms with Crippen LogP contribution in [0.5, 0.6) is 0 Å². The fourth-order valence-electron chi connectivity index (χ4n) is 4.31. The molecule has 2 saturated heterocycles. The number of nitrogens with one attached hydrogen (secondary N) is 1. The number of nitrogens with zero attached hydrogens (tertiary/aromatic N) is 3. The molecule has 0 saturated carbocycles. The molecule has 16 heteroatoms. The molecule has 2 fully saturated rings. The number of halogens is 4. The Hall–Kier alpha value is -2.62. The highest BCUT2D eigenvalue weighted by molar-refractivity contribution is 7.94. The Morgan fingerprint density at radius 1 is 1.16 bits per heavy atom. The van der Waals surface area contributed by atoms with E-state index < -0.39 is 28.1 Å². The van der Waals surface area contributed by atoms with E-state index in [1.165, 1.54) is 37.2 Å². The van der Waals surface area contributed by atoms with Gasteiger partial charge >= 0.3 is 18.1 Å². The quantitative estimate of drug-likeness (QED) is 0.427. The Kier molecular flexibility index (Phi) is 9.84. The Morgan fingerprint density at radius 2 is 1.82 bits per heavy atom. The molecule has 210 valence electrons. The second-order valence-corrected chi connectivity index (χ2v) is 12.5. The molecule has 0 amide bonds. The number of aromatic carboxylic acids is 1. The van der Waals surface area contributed by atoms with Crippen LogP contribution in [0.3, 0.4) is 0 Å². The van der Waals surface area contributed by atoms with Gasteiger partial charge in [-0.25, -0.2) is 23.0 Å². The van der Waals surface area contributed by atoms with E-state index in [0.29, 0.717) is 16.1 Å². The minimum atomic E-state index is -5.08. The fourth-order valence-corrected chi connectivity index (χ4v) is 6.82. The Morgan fingerprint density at radius 3 is 2.37 bits per heavy atom. The lowest BCUT2D eigenvalue weighted by Crippen LogP contribution is -2.41. The SMILES string of the molecule is O=C(O)C(F)(F)F.O=C(O)c1cc(NS(=O)(=O)c2ccc(Cl)s2)cnc1N1CCCC(CN2CCCC2)C1. The minimum Gasteiger partial charge on any atom is -0.478 e. The van der Waals surface area contributed by atoms with Gasteiger partial charge in [0.1, 0.15) is 15.6 Å². The van der Waals surface area contributed by atoms with E-state index in [-0.39, 0.29) is 15.5 Å². The van der Waals surface area contributed by atoms with Gasteiger partial charge in [-0.05, 0) is 62.9 Å². The van der Waals surface area contributed by atoms with Crippen molar-refractivity contribution in [2.75, 3.05) is 42.3 Å². The number of hydrogen-bond acceptors (Lipinski definition) is 8. The van der Waals surface area contributed by atoms with E-state index in [4.69, 9.17) is 21.5 Å². The van der Waals surface area contributed by atoms with Crippen LogP contribution in [0, 0.1) is 5.92 Å². The number of hydrogen-bond donors (Lipinski definition) is 3. The van der Waals surface area contributed by atoms with Crippen molar-refractivity contribution < 1.29 is 41.4 Å². The van der Waals surface area contributed by atoms with E-state index in [1.807, 2.05) is 4.90 Å². The van der Waals surface area contributed by atoms with Crippen LogP contribution in [0.2, 0.25) is 4.34 Å². The minimum absolute atomic E-state index is 0.00812. The highest BCUT2D eigenvalue weighted by Gasteiger charge is 2.38. The summed E-state index contributed by atoms with van der Waals surface area (Å²) >= 11 is 6.77. The molecule has 4 rings (SSSR count). The highest BCUT2D eigenvalue weighted by Crippen LogP contribution is 2.30. The molecule has 0 spiro atoms. The number of aliphatic carboxylic acids is 1. The van der Waals surface area contributed by atoms with Gasteiger partial charge in [-0.3, -0.25) is 4.72 Å². The van der Waals surface area contributed by atoms with Crippen LogP contribution in [0.15, 0.2) is 28.6 Å². The third-order valence-electron chi connectivity index (χ3n) is 5.94. The summed E-state index contributed by atoms with van der Waals surface area (Å²) in [6.45, 7) is 4.80. The number of aromatic nitrogens is 1. The molecule has 10 nitrogen and oxygen atoms in total. The maximum atomic E-state index is 12.5.